The van der Waals surface area contributed by atoms with Crippen molar-refractivity contribution in [3.63, 3.8) is 0 Å². The Kier molecular flexibility index (Phi) is 4.40. The van der Waals surface area contributed by atoms with Gasteiger partial charge in [0.15, 0.2) is 0 Å². The number of hydrogen-bond donors (Lipinski definition) is 1. The maximum atomic E-state index is 11.6. The van der Waals surface area contributed by atoms with Crippen molar-refractivity contribution in [2.45, 2.75) is 44.2 Å². The number of likely N-dealkylation sites (tertiary alicyclic amines) is 1. The van der Waals surface area contributed by atoms with Gasteiger partial charge in [0.2, 0.25) is 5.91 Å². The molecule has 1 N–H and O–H groups in total. The lowest BCUT2D eigenvalue weighted by atomic mass is 9.91. The molecule has 1 aliphatic heterocycles. The summed E-state index contributed by atoms with van der Waals surface area (Å²) >= 11 is 0. The minimum absolute atomic E-state index is 0.218. The van der Waals surface area contributed by atoms with Gasteiger partial charge in [0, 0.05) is 39.3 Å². The van der Waals surface area contributed by atoms with Crippen LogP contribution >= 0.6 is 0 Å². The highest BCUT2D eigenvalue weighted by atomic mass is 16.2. The predicted octanol–water partition coefficient (Wildman–Crippen LogP) is 0.681. The van der Waals surface area contributed by atoms with Gasteiger partial charge in [0.05, 0.1) is 6.54 Å². The van der Waals surface area contributed by atoms with Crippen LogP contribution < -0.4 is 5.32 Å². The van der Waals surface area contributed by atoms with Crippen molar-refractivity contribution in [1.29, 1.82) is 0 Å². The Morgan fingerprint density at radius 2 is 1.76 bits per heavy atom. The van der Waals surface area contributed by atoms with Crippen molar-refractivity contribution in [1.82, 2.24) is 15.1 Å². The third-order valence-corrected chi connectivity index (χ3v) is 4.02. The fraction of sp³-hybridized carbons (Fsp3) is 0.923. The van der Waals surface area contributed by atoms with E-state index in [1.807, 2.05) is 14.1 Å². The molecule has 2 aliphatic rings. The number of carbonyl (C=O) groups is 1. The molecular formula is C13H25N3O. The molecule has 2 rings (SSSR count). The van der Waals surface area contributed by atoms with E-state index in [0.717, 1.165) is 19.1 Å². The standard InChI is InChI=1S/C13H25N3O/c1-15(2)13(17)10-16-8-6-12(7-9-16)14-11-4-3-5-11/h11-12,14H,3-10H2,1-2H3. The molecule has 1 saturated heterocycles. The monoisotopic (exact) mass is 239 g/mol. The molecular weight excluding hydrogens is 214 g/mol. The number of nitrogens with one attached hydrogen (secondary N) is 1. The van der Waals surface area contributed by atoms with Gasteiger partial charge in [-0.3, -0.25) is 9.69 Å². The summed E-state index contributed by atoms with van der Waals surface area (Å²) in [6, 6.07) is 1.47. The lowest BCUT2D eigenvalue weighted by Gasteiger charge is -2.37. The Hall–Kier alpha value is -0.610. The molecule has 17 heavy (non-hydrogen) atoms. The van der Waals surface area contributed by atoms with E-state index in [1.165, 1.54) is 32.1 Å². The lowest BCUT2D eigenvalue weighted by Crippen LogP contribution is -2.49. The Morgan fingerprint density at radius 3 is 2.24 bits per heavy atom. The fourth-order valence-corrected chi connectivity index (χ4v) is 2.50. The summed E-state index contributed by atoms with van der Waals surface area (Å²) in [5.41, 5.74) is 0. The first-order valence-electron chi connectivity index (χ1n) is 6.83. The zero-order valence-corrected chi connectivity index (χ0v) is 11.1. The average Bonchev–Trinajstić information content (AvgIpc) is 2.25. The van der Waals surface area contributed by atoms with Crippen LogP contribution in [0.3, 0.4) is 0 Å². The van der Waals surface area contributed by atoms with Crippen LogP contribution in [0.1, 0.15) is 32.1 Å². The van der Waals surface area contributed by atoms with Crippen LogP contribution in [0.5, 0.6) is 0 Å². The van der Waals surface area contributed by atoms with Gasteiger partial charge in [0.1, 0.15) is 0 Å². The molecule has 0 aromatic carbocycles. The third kappa shape index (κ3) is 3.68. The van der Waals surface area contributed by atoms with E-state index in [1.54, 1.807) is 4.90 Å². The first kappa shape index (κ1) is 12.8. The number of carbonyl (C=O) groups excluding carboxylic acids is 1. The van der Waals surface area contributed by atoms with Crippen LogP contribution in [0.25, 0.3) is 0 Å². The van der Waals surface area contributed by atoms with Crippen LogP contribution in [0, 0.1) is 0 Å². The molecule has 1 aliphatic carbocycles. The number of likely N-dealkylation sites (N-methyl/N-ethyl adjacent to an activating group) is 1. The molecule has 4 heteroatoms. The second-order valence-electron chi connectivity index (χ2n) is 5.63. The number of amides is 1. The number of hydrogen-bond acceptors (Lipinski definition) is 3. The minimum atomic E-state index is 0.218. The molecule has 1 amide bonds. The first-order valence-corrected chi connectivity index (χ1v) is 6.83. The Labute approximate surface area is 104 Å². The van der Waals surface area contributed by atoms with Crippen molar-refractivity contribution < 1.29 is 4.79 Å². The predicted molar refractivity (Wildman–Crippen MR) is 68.9 cm³/mol. The van der Waals surface area contributed by atoms with Gasteiger partial charge in [-0.2, -0.15) is 0 Å². The zero-order chi connectivity index (χ0) is 12.3. The summed E-state index contributed by atoms with van der Waals surface area (Å²) in [4.78, 5) is 15.6. The molecule has 0 aromatic heterocycles. The van der Waals surface area contributed by atoms with Crippen molar-refractivity contribution in [2.24, 2.45) is 0 Å². The van der Waals surface area contributed by atoms with E-state index in [2.05, 4.69) is 10.2 Å². The van der Waals surface area contributed by atoms with E-state index in [0.29, 0.717) is 12.6 Å². The summed E-state index contributed by atoms with van der Waals surface area (Å²) in [6.07, 6.45) is 6.50. The Balaban J connectivity index is 1.65. The Bertz CT molecular complexity index is 255. The highest BCUT2D eigenvalue weighted by Crippen LogP contribution is 2.21. The molecule has 0 unspecified atom stereocenters. The summed E-state index contributed by atoms with van der Waals surface area (Å²) in [6.45, 7) is 2.71. The highest BCUT2D eigenvalue weighted by molar-refractivity contribution is 5.77. The maximum absolute atomic E-state index is 11.6. The fourth-order valence-electron chi connectivity index (χ4n) is 2.50. The molecule has 1 heterocycles. The molecule has 0 aromatic rings. The van der Waals surface area contributed by atoms with Crippen LogP contribution in [-0.2, 0) is 4.79 Å². The van der Waals surface area contributed by atoms with Crippen LogP contribution in [0.2, 0.25) is 0 Å². The van der Waals surface area contributed by atoms with E-state index in [9.17, 15) is 4.79 Å². The quantitative estimate of drug-likeness (QED) is 0.784. The summed E-state index contributed by atoms with van der Waals surface area (Å²) in [5, 5.41) is 3.73. The first-order chi connectivity index (χ1) is 8.15. The SMILES string of the molecule is CN(C)C(=O)CN1CCC(NC2CCC2)CC1. The van der Waals surface area contributed by atoms with Crippen LogP contribution in [0.4, 0.5) is 0 Å². The summed E-state index contributed by atoms with van der Waals surface area (Å²) < 4.78 is 0. The van der Waals surface area contributed by atoms with Crippen molar-refractivity contribution >= 4 is 5.91 Å². The van der Waals surface area contributed by atoms with Gasteiger partial charge in [-0.05, 0) is 25.7 Å². The van der Waals surface area contributed by atoms with E-state index in [-0.39, 0.29) is 5.91 Å². The maximum Gasteiger partial charge on any atom is 0.236 e. The average molecular weight is 239 g/mol. The smallest absolute Gasteiger partial charge is 0.236 e. The molecule has 0 atom stereocenters. The van der Waals surface area contributed by atoms with Crippen molar-refractivity contribution in [2.75, 3.05) is 33.7 Å². The van der Waals surface area contributed by atoms with Crippen molar-refractivity contribution in [3.05, 3.63) is 0 Å². The van der Waals surface area contributed by atoms with Gasteiger partial charge in [-0.15, -0.1) is 0 Å². The van der Waals surface area contributed by atoms with Gasteiger partial charge in [-0.1, -0.05) is 6.42 Å². The molecule has 98 valence electrons. The van der Waals surface area contributed by atoms with E-state index < -0.39 is 0 Å². The number of nitrogens with zero attached hydrogens (tertiary/aromatic N) is 2. The topological polar surface area (TPSA) is 35.6 Å². The van der Waals surface area contributed by atoms with E-state index in [4.69, 9.17) is 0 Å². The van der Waals surface area contributed by atoms with Gasteiger partial charge in [0.25, 0.3) is 0 Å². The van der Waals surface area contributed by atoms with Gasteiger partial charge >= 0.3 is 0 Å². The van der Waals surface area contributed by atoms with E-state index >= 15 is 0 Å². The van der Waals surface area contributed by atoms with Gasteiger partial charge in [-0.25, -0.2) is 0 Å². The summed E-state index contributed by atoms with van der Waals surface area (Å²) in [7, 11) is 3.65. The molecule has 0 bridgehead atoms. The molecule has 4 nitrogen and oxygen atoms in total. The number of piperidine rings is 1. The molecule has 1 saturated carbocycles. The Morgan fingerprint density at radius 1 is 1.18 bits per heavy atom. The molecule has 0 spiro atoms. The highest BCUT2D eigenvalue weighted by Gasteiger charge is 2.25. The molecule has 2 fully saturated rings. The van der Waals surface area contributed by atoms with Crippen molar-refractivity contribution in [3.8, 4) is 0 Å². The largest absolute Gasteiger partial charge is 0.348 e. The normalized spacial score (nSPS) is 23.4. The second kappa shape index (κ2) is 5.83. The minimum Gasteiger partial charge on any atom is -0.348 e. The zero-order valence-electron chi connectivity index (χ0n) is 11.1. The lowest BCUT2D eigenvalue weighted by molar-refractivity contribution is -0.130. The second-order valence-corrected chi connectivity index (χ2v) is 5.63. The molecule has 0 radical (unpaired) electrons. The number of rotatable bonds is 4. The van der Waals surface area contributed by atoms with Crippen LogP contribution in [0.15, 0.2) is 0 Å². The summed E-state index contributed by atoms with van der Waals surface area (Å²) in [5.74, 6) is 0.218. The van der Waals surface area contributed by atoms with Crippen LogP contribution in [-0.4, -0.2) is 61.5 Å². The van der Waals surface area contributed by atoms with Gasteiger partial charge < -0.3 is 10.2 Å². The third-order valence-electron chi connectivity index (χ3n) is 4.02.